The van der Waals surface area contributed by atoms with Crippen LogP contribution in [0.3, 0.4) is 0 Å². The van der Waals surface area contributed by atoms with E-state index < -0.39 is 5.82 Å². The van der Waals surface area contributed by atoms with Crippen molar-refractivity contribution in [3.8, 4) is 0 Å². The number of rotatable bonds is 4. The van der Waals surface area contributed by atoms with Gasteiger partial charge in [0.2, 0.25) is 0 Å². The van der Waals surface area contributed by atoms with Gasteiger partial charge in [0.05, 0.1) is 11.8 Å². The normalized spacial score (nSPS) is 10.1. The molecule has 0 aromatic carbocycles. The van der Waals surface area contributed by atoms with E-state index in [1.165, 1.54) is 12.3 Å². The van der Waals surface area contributed by atoms with Crippen LogP contribution in [-0.2, 0) is 0 Å². The van der Waals surface area contributed by atoms with Gasteiger partial charge >= 0.3 is 0 Å². The van der Waals surface area contributed by atoms with E-state index in [9.17, 15) is 9.18 Å². The smallest absolute Gasteiger partial charge is 0.255 e. The Bertz CT molecular complexity index is 346. The Hall–Kier alpha value is -0.970. The van der Waals surface area contributed by atoms with Crippen LogP contribution in [0.25, 0.3) is 0 Å². The minimum atomic E-state index is -0.491. The fourth-order valence-electron chi connectivity index (χ4n) is 1.15. The van der Waals surface area contributed by atoms with Crippen LogP contribution in [0, 0.1) is 5.82 Å². The van der Waals surface area contributed by atoms with Crippen LogP contribution in [0.5, 0.6) is 0 Å². The van der Waals surface area contributed by atoms with Crippen molar-refractivity contribution in [1.29, 1.82) is 0 Å². The molecule has 15 heavy (non-hydrogen) atoms. The molecule has 0 saturated carbocycles. The van der Waals surface area contributed by atoms with E-state index in [4.69, 9.17) is 0 Å². The van der Waals surface area contributed by atoms with Gasteiger partial charge in [0.15, 0.2) is 0 Å². The molecule has 0 radical (unpaired) electrons. The lowest BCUT2D eigenvalue weighted by molar-refractivity contribution is 0.0794. The summed E-state index contributed by atoms with van der Waals surface area (Å²) in [4.78, 5) is 16.9. The van der Waals surface area contributed by atoms with Crippen molar-refractivity contribution >= 4 is 21.8 Å². The van der Waals surface area contributed by atoms with E-state index in [-0.39, 0.29) is 11.5 Å². The molecule has 0 aliphatic rings. The summed E-state index contributed by atoms with van der Waals surface area (Å²) in [5.41, 5.74) is 0.284. The third kappa shape index (κ3) is 3.58. The molecule has 0 N–H and O–H groups in total. The second kappa shape index (κ2) is 5.80. The van der Waals surface area contributed by atoms with Gasteiger partial charge in [-0.15, -0.1) is 0 Å². The van der Waals surface area contributed by atoms with Crippen LogP contribution in [0.4, 0.5) is 4.39 Å². The maximum atomic E-state index is 12.8. The molecule has 0 unspecified atom stereocenters. The highest BCUT2D eigenvalue weighted by molar-refractivity contribution is 9.09. The lowest BCUT2D eigenvalue weighted by atomic mass is 10.2. The number of hydrogen-bond acceptors (Lipinski definition) is 2. The molecule has 1 heterocycles. The minimum absolute atomic E-state index is 0.206. The second-order valence-corrected chi connectivity index (χ2v) is 3.95. The first-order valence-corrected chi connectivity index (χ1v) is 5.69. The van der Waals surface area contributed by atoms with Gasteiger partial charge in [-0.05, 0) is 12.5 Å². The highest BCUT2D eigenvalue weighted by atomic mass is 79.9. The summed E-state index contributed by atoms with van der Waals surface area (Å²) in [6.07, 6.45) is 3.32. The molecule has 1 rings (SSSR count). The summed E-state index contributed by atoms with van der Waals surface area (Å²) < 4.78 is 12.8. The van der Waals surface area contributed by atoms with Gasteiger partial charge in [-0.25, -0.2) is 4.39 Å². The van der Waals surface area contributed by atoms with E-state index >= 15 is 0 Å². The average molecular weight is 275 g/mol. The third-order valence-corrected chi connectivity index (χ3v) is 2.49. The number of alkyl halides is 1. The first-order valence-electron chi connectivity index (χ1n) is 4.57. The van der Waals surface area contributed by atoms with Crippen molar-refractivity contribution in [2.45, 2.75) is 6.42 Å². The van der Waals surface area contributed by atoms with E-state index in [0.717, 1.165) is 17.9 Å². The molecule has 3 nitrogen and oxygen atoms in total. The van der Waals surface area contributed by atoms with Crippen LogP contribution < -0.4 is 0 Å². The SMILES string of the molecule is CN(CCCBr)C(=O)c1cncc(F)c1. The standard InChI is InChI=1S/C10H12BrFN2O/c1-14(4-2-3-11)10(15)8-5-9(12)7-13-6-8/h5-7H,2-4H2,1H3. The number of aromatic nitrogens is 1. The summed E-state index contributed by atoms with van der Waals surface area (Å²) >= 11 is 3.28. The molecule has 0 saturated heterocycles. The van der Waals surface area contributed by atoms with Gasteiger partial charge in [0.25, 0.3) is 5.91 Å². The van der Waals surface area contributed by atoms with E-state index in [0.29, 0.717) is 6.54 Å². The quantitative estimate of drug-likeness (QED) is 0.788. The molecule has 82 valence electrons. The summed E-state index contributed by atoms with van der Waals surface area (Å²) in [6.45, 7) is 0.639. The summed E-state index contributed by atoms with van der Waals surface area (Å²) in [5.74, 6) is -0.697. The minimum Gasteiger partial charge on any atom is -0.342 e. The molecule has 0 spiro atoms. The van der Waals surface area contributed by atoms with Crippen LogP contribution in [-0.4, -0.2) is 34.7 Å². The summed E-state index contributed by atoms with van der Waals surface area (Å²) in [6, 6.07) is 1.19. The van der Waals surface area contributed by atoms with E-state index in [1.54, 1.807) is 11.9 Å². The molecule has 0 aliphatic heterocycles. The maximum Gasteiger partial charge on any atom is 0.255 e. The van der Waals surface area contributed by atoms with Gasteiger partial charge in [-0.2, -0.15) is 0 Å². The van der Waals surface area contributed by atoms with Gasteiger partial charge in [-0.3, -0.25) is 9.78 Å². The van der Waals surface area contributed by atoms with Crippen molar-refractivity contribution in [3.05, 3.63) is 29.8 Å². The number of carbonyl (C=O) groups excluding carboxylic acids is 1. The van der Waals surface area contributed by atoms with Gasteiger partial charge < -0.3 is 4.90 Å². The van der Waals surface area contributed by atoms with Crippen LogP contribution in [0.15, 0.2) is 18.5 Å². The zero-order chi connectivity index (χ0) is 11.3. The predicted octanol–water partition coefficient (Wildman–Crippen LogP) is 2.08. The fourth-order valence-corrected chi connectivity index (χ4v) is 1.40. The lowest BCUT2D eigenvalue weighted by Gasteiger charge is -2.16. The molecule has 0 aliphatic carbocycles. The molecule has 0 fully saturated rings. The van der Waals surface area contributed by atoms with Crippen molar-refractivity contribution in [3.63, 3.8) is 0 Å². The topological polar surface area (TPSA) is 33.2 Å². The number of carbonyl (C=O) groups is 1. The number of nitrogens with zero attached hydrogens (tertiary/aromatic N) is 2. The maximum absolute atomic E-state index is 12.8. The van der Waals surface area contributed by atoms with Crippen LogP contribution in [0.2, 0.25) is 0 Å². The lowest BCUT2D eigenvalue weighted by Crippen LogP contribution is -2.28. The van der Waals surface area contributed by atoms with Crippen LogP contribution >= 0.6 is 15.9 Å². The fraction of sp³-hybridized carbons (Fsp3) is 0.400. The summed E-state index contributed by atoms with van der Waals surface area (Å²) in [5, 5.41) is 0.839. The van der Waals surface area contributed by atoms with Crippen molar-refractivity contribution in [2.24, 2.45) is 0 Å². The van der Waals surface area contributed by atoms with Gasteiger partial charge in [-0.1, -0.05) is 15.9 Å². The first kappa shape index (κ1) is 12.1. The Morgan fingerprint density at radius 3 is 2.93 bits per heavy atom. The number of halogens is 2. The van der Waals surface area contributed by atoms with Gasteiger partial charge in [0, 0.05) is 25.1 Å². The van der Waals surface area contributed by atoms with Crippen molar-refractivity contribution in [2.75, 3.05) is 18.9 Å². The number of hydrogen-bond donors (Lipinski definition) is 0. The molecule has 5 heteroatoms. The monoisotopic (exact) mass is 274 g/mol. The predicted molar refractivity (Wildman–Crippen MR) is 59.6 cm³/mol. The third-order valence-electron chi connectivity index (χ3n) is 1.93. The second-order valence-electron chi connectivity index (χ2n) is 3.16. The van der Waals surface area contributed by atoms with Crippen molar-refractivity contribution in [1.82, 2.24) is 9.88 Å². The summed E-state index contributed by atoms with van der Waals surface area (Å²) in [7, 11) is 1.69. The average Bonchev–Trinajstić information content (AvgIpc) is 2.24. The van der Waals surface area contributed by atoms with Gasteiger partial charge in [0.1, 0.15) is 5.82 Å². The van der Waals surface area contributed by atoms with E-state index in [2.05, 4.69) is 20.9 Å². The van der Waals surface area contributed by atoms with Crippen LogP contribution in [0.1, 0.15) is 16.8 Å². The Balaban J connectivity index is 2.67. The molecule has 1 aromatic rings. The molecular weight excluding hydrogens is 263 g/mol. The Labute approximate surface area is 96.4 Å². The Kier molecular flexibility index (Phi) is 4.68. The zero-order valence-electron chi connectivity index (χ0n) is 8.41. The number of amides is 1. The first-order chi connectivity index (χ1) is 7.15. The largest absolute Gasteiger partial charge is 0.342 e. The number of pyridine rings is 1. The molecular formula is C10H12BrFN2O. The van der Waals surface area contributed by atoms with Crippen molar-refractivity contribution < 1.29 is 9.18 Å². The molecule has 0 atom stereocenters. The Morgan fingerprint density at radius 1 is 1.60 bits per heavy atom. The Morgan fingerprint density at radius 2 is 2.33 bits per heavy atom. The zero-order valence-corrected chi connectivity index (χ0v) is 10.00. The highest BCUT2D eigenvalue weighted by Crippen LogP contribution is 2.05. The van der Waals surface area contributed by atoms with E-state index in [1.807, 2.05) is 0 Å². The molecule has 0 bridgehead atoms. The molecule has 1 amide bonds. The highest BCUT2D eigenvalue weighted by Gasteiger charge is 2.11. The molecule has 1 aromatic heterocycles.